The lowest BCUT2D eigenvalue weighted by molar-refractivity contribution is 0.380. The normalized spacial score (nSPS) is 35.7. The SMILES string of the molecule is ClCc1nc([C@@]23C4C(c5cccc(Cl)c5)=C[C@H]2[C@@H]43)no1. The van der Waals surface area contributed by atoms with Gasteiger partial charge >= 0.3 is 0 Å². The molecule has 6 rings (SSSR count). The van der Waals surface area contributed by atoms with Gasteiger partial charge in [0.25, 0.3) is 0 Å². The maximum atomic E-state index is 6.08. The molecule has 20 heavy (non-hydrogen) atoms. The summed E-state index contributed by atoms with van der Waals surface area (Å²) in [5.41, 5.74) is 2.72. The Morgan fingerprint density at radius 3 is 2.95 bits per heavy atom. The molecule has 0 N–H and O–H groups in total. The van der Waals surface area contributed by atoms with Crippen LogP contribution < -0.4 is 0 Å². The molecular formula is C15H10Cl2N2O. The van der Waals surface area contributed by atoms with Crippen molar-refractivity contribution in [3.05, 3.63) is 52.6 Å². The largest absolute Gasteiger partial charge is 0.338 e. The molecule has 1 aromatic heterocycles. The van der Waals surface area contributed by atoms with Crippen LogP contribution in [0.5, 0.6) is 0 Å². The third-order valence-electron chi connectivity index (χ3n) is 4.97. The molecule has 0 radical (unpaired) electrons. The van der Waals surface area contributed by atoms with Crippen molar-refractivity contribution in [2.75, 3.05) is 0 Å². The Bertz CT molecular complexity index is 769. The summed E-state index contributed by atoms with van der Waals surface area (Å²) in [5, 5.41) is 4.90. The molecule has 100 valence electrons. The van der Waals surface area contributed by atoms with E-state index in [2.05, 4.69) is 22.3 Å². The van der Waals surface area contributed by atoms with E-state index in [-0.39, 0.29) is 11.3 Å². The monoisotopic (exact) mass is 304 g/mol. The number of rotatable bonds is 3. The standard InChI is InChI=1S/C15H10Cl2N2O/c16-6-11-18-14(19-20-11)15-10-5-9(12(15)13(10)15)7-2-1-3-8(17)4-7/h1-5,10,12-13H,6H2/t10-,12?,13-,15+/m0/s1. The summed E-state index contributed by atoms with van der Waals surface area (Å²) in [4.78, 5) is 4.42. The highest BCUT2D eigenvalue weighted by Crippen LogP contribution is 2.90. The van der Waals surface area contributed by atoms with Gasteiger partial charge in [0.15, 0.2) is 5.82 Å². The molecule has 4 atom stereocenters. The van der Waals surface area contributed by atoms with Gasteiger partial charge < -0.3 is 4.52 Å². The summed E-state index contributed by atoms with van der Waals surface area (Å²) >= 11 is 11.8. The molecule has 0 saturated heterocycles. The van der Waals surface area contributed by atoms with E-state index in [4.69, 9.17) is 27.7 Å². The van der Waals surface area contributed by atoms with E-state index >= 15 is 0 Å². The minimum absolute atomic E-state index is 0.117. The molecule has 2 saturated carbocycles. The van der Waals surface area contributed by atoms with Crippen molar-refractivity contribution >= 4 is 28.8 Å². The maximum absolute atomic E-state index is 6.08. The first-order valence-corrected chi connectivity index (χ1v) is 7.54. The van der Waals surface area contributed by atoms with Gasteiger partial charge in [-0.25, -0.2) is 0 Å². The van der Waals surface area contributed by atoms with E-state index in [9.17, 15) is 0 Å². The Kier molecular flexibility index (Phi) is 1.97. The molecule has 1 heterocycles. The minimum Gasteiger partial charge on any atom is -0.338 e. The first kappa shape index (κ1) is 11.4. The van der Waals surface area contributed by atoms with Crippen LogP contribution in [0.25, 0.3) is 5.57 Å². The van der Waals surface area contributed by atoms with Gasteiger partial charge in [0, 0.05) is 10.9 Å². The van der Waals surface area contributed by atoms with E-state index in [1.54, 1.807) is 0 Å². The van der Waals surface area contributed by atoms with Gasteiger partial charge in [0.2, 0.25) is 5.89 Å². The second-order valence-corrected chi connectivity index (χ2v) is 6.44. The molecule has 0 amide bonds. The second-order valence-electron chi connectivity index (χ2n) is 5.74. The zero-order valence-electron chi connectivity index (χ0n) is 10.4. The highest BCUT2D eigenvalue weighted by Gasteiger charge is 2.92. The number of hydrogen-bond acceptors (Lipinski definition) is 3. The molecule has 1 aromatic carbocycles. The maximum Gasteiger partial charge on any atom is 0.241 e. The number of aromatic nitrogens is 2. The van der Waals surface area contributed by atoms with Crippen molar-refractivity contribution in [1.82, 2.24) is 10.1 Å². The van der Waals surface area contributed by atoms with Crippen LogP contribution in [0.1, 0.15) is 17.3 Å². The van der Waals surface area contributed by atoms with E-state index < -0.39 is 0 Å². The molecule has 2 bridgehead atoms. The number of nitrogens with zero attached hydrogens (tertiary/aromatic N) is 2. The van der Waals surface area contributed by atoms with Crippen LogP contribution in [0, 0.1) is 17.8 Å². The molecule has 3 nitrogen and oxygen atoms in total. The molecule has 1 unspecified atom stereocenters. The fraction of sp³-hybridized carbons (Fsp3) is 0.333. The van der Waals surface area contributed by atoms with E-state index in [0.717, 1.165) is 10.8 Å². The molecule has 4 aliphatic rings. The first-order valence-electron chi connectivity index (χ1n) is 6.63. The van der Waals surface area contributed by atoms with Gasteiger partial charge in [-0.1, -0.05) is 35.0 Å². The van der Waals surface area contributed by atoms with Gasteiger partial charge in [-0.2, -0.15) is 4.98 Å². The predicted molar refractivity (Wildman–Crippen MR) is 75.4 cm³/mol. The second kappa shape index (κ2) is 3.46. The number of hydrogen-bond donors (Lipinski definition) is 0. The molecule has 4 aliphatic carbocycles. The number of allylic oxidation sites excluding steroid dienone is 2. The van der Waals surface area contributed by atoms with Gasteiger partial charge in [0.05, 0.1) is 5.41 Å². The van der Waals surface area contributed by atoms with Crippen molar-refractivity contribution < 1.29 is 4.52 Å². The van der Waals surface area contributed by atoms with E-state index in [0.29, 0.717) is 23.6 Å². The average Bonchev–Trinajstić information content (AvgIpc) is 3.03. The number of alkyl halides is 1. The van der Waals surface area contributed by atoms with Crippen molar-refractivity contribution in [2.45, 2.75) is 11.3 Å². The van der Waals surface area contributed by atoms with Crippen LogP contribution in [0.15, 0.2) is 34.9 Å². The summed E-state index contributed by atoms with van der Waals surface area (Å²) in [6, 6.07) is 8.04. The third-order valence-corrected chi connectivity index (χ3v) is 5.43. The highest BCUT2D eigenvalue weighted by molar-refractivity contribution is 6.30. The number of benzene rings is 1. The lowest BCUT2D eigenvalue weighted by Gasteiger charge is -2.07. The fourth-order valence-electron chi connectivity index (χ4n) is 4.05. The zero-order valence-corrected chi connectivity index (χ0v) is 11.9. The third kappa shape index (κ3) is 1.15. The highest BCUT2D eigenvalue weighted by atomic mass is 35.5. The van der Waals surface area contributed by atoms with Crippen LogP contribution in [-0.4, -0.2) is 10.1 Å². The topological polar surface area (TPSA) is 38.9 Å². The quantitative estimate of drug-likeness (QED) is 0.812. The van der Waals surface area contributed by atoms with Crippen LogP contribution in [0.2, 0.25) is 5.02 Å². The Morgan fingerprint density at radius 2 is 2.25 bits per heavy atom. The van der Waals surface area contributed by atoms with Gasteiger partial charge in [-0.15, -0.1) is 11.6 Å². The Balaban J connectivity index is 1.49. The van der Waals surface area contributed by atoms with Crippen LogP contribution in [0.4, 0.5) is 0 Å². The Morgan fingerprint density at radius 1 is 1.35 bits per heavy atom. The van der Waals surface area contributed by atoms with Gasteiger partial charge in [-0.3, -0.25) is 0 Å². The molecule has 5 heteroatoms. The summed E-state index contributed by atoms with van der Waals surface area (Å²) in [5.74, 6) is 3.39. The van der Waals surface area contributed by atoms with Crippen LogP contribution in [0.3, 0.4) is 0 Å². The van der Waals surface area contributed by atoms with Crippen LogP contribution in [-0.2, 0) is 11.3 Å². The molecule has 0 aliphatic heterocycles. The average molecular weight is 305 g/mol. The Hall–Kier alpha value is -1.32. The zero-order chi connectivity index (χ0) is 13.5. The van der Waals surface area contributed by atoms with Crippen molar-refractivity contribution in [3.63, 3.8) is 0 Å². The summed E-state index contributed by atoms with van der Waals surface area (Å²) < 4.78 is 5.15. The molecular weight excluding hydrogens is 295 g/mol. The molecule has 2 fully saturated rings. The Labute approximate surface area is 125 Å². The fourth-order valence-corrected chi connectivity index (χ4v) is 4.35. The van der Waals surface area contributed by atoms with Gasteiger partial charge in [0.1, 0.15) is 5.88 Å². The lowest BCUT2D eigenvalue weighted by atomic mass is 9.97. The molecule has 0 spiro atoms. The first-order chi connectivity index (χ1) is 9.76. The lowest BCUT2D eigenvalue weighted by Crippen LogP contribution is -2.08. The van der Waals surface area contributed by atoms with Crippen molar-refractivity contribution in [3.8, 4) is 0 Å². The smallest absolute Gasteiger partial charge is 0.241 e. The summed E-state index contributed by atoms with van der Waals surface area (Å²) in [6.45, 7) is 0. The van der Waals surface area contributed by atoms with Gasteiger partial charge in [-0.05, 0) is 35.1 Å². The van der Waals surface area contributed by atoms with Crippen LogP contribution >= 0.6 is 23.2 Å². The predicted octanol–water partition coefficient (Wildman–Crippen LogP) is 3.67. The molecule has 2 aromatic rings. The van der Waals surface area contributed by atoms with Crippen molar-refractivity contribution in [2.24, 2.45) is 17.8 Å². The summed E-state index contributed by atoms with van der Waals surface area (Å²) in [7, 11) is 0. The van der Waals surface area contributed by atoms with E-state index in [1.807, 2.05) is 18.2 Å². The summed E-state index contributed by atoms with van der Waals surface area (Å²) in [6.07, 6.45) is 2.36. The van der Waals surface area contributed by atoms with E-state index in [1.165, 1.54) is 11.1 Å². The minimum atomic E-state index is 0.117. The van der Waals surface area contributed by atoms with Crippen molar-refractivity contribution in [1.29, 1.82) is 0 Å². The number of halogens is 2.